The molecule has 4 aromatic heterocycles. The normalized spacial score (nSPS) is 12.3. The molecule has 0 bridgehead atoms. The standard InChI is InChI=1S/C22H14F6N6.Pt/c1-20(2,16-7-4-8-19(32-16)34-10-9-17(33-34)21(23,24)25)15-6-3-5-13(30-15)14-11-29-12-18(31-14)22(26,27)28;/h3-9,12H,1-2H3;/q-2;+2. The van der Waals surface area contributed by atoms with Crippen LogP contribution in [0, 0.1) is 12.4 Å². The minimum atomic E-state index is -4.67. The zero-order valence-corrected chi connectivity index (χ0v) is 20.2. The van der Waals surface area contributed by atoms with E-state index in [1.165, 1.54) is 12.1 Å². The molecule has 0 N–H and O–H groups in total. The molecule has 0 fully saturated rings. The molecule has 13 heteroatoms. The van der Waals surface area contributed by atoms with Crippen molar-refractivity contribution < 1.29 is 47.4 Å². The topological polar surface area (TPSA) is 69.4 Å². The van der Waals surface area contributed by atoms with Crippen molar-refractivity contribution in [2.24, 2.45) is 0 Å². The molecule has 0 amide bonds. The summed E-state index contributed by atoms with van der Waals surface area (Å²) in [5, 5.41) is 3.48. The van der Waals surface area contributed by atoms with Gasteiger partial charge in [-0.3, -0.25) is 15.1 Å². The van der Waals surface area contributed by atoms with E-state index in [9.17, 15) is 26.3 Å². The molecular weight excluding hydrogens is 657 g/mol. The van der Waals surface area contributed by atoms with Crippen molar-refractivity contribution in [3.63, 3.8) is 0 Å². The van der Waals surface area contributed by atoms with Gasteiger partial charge in [-0.15, -0.1) is 6.07 Å². The third-order valence-corrected chi connectivity index (χ3v) is 4.93. The summed E-state index contributed by atoms with van der Waals surface area (Å²) >= 11 is 0. The maximum atomic E-state index is 13.0. The summed E-state index contributed by atoms with van der Waals surface area (Å²) in [7, 11) is 0. The summed E-state index contributed by atoms with van der Waals surface area (Å²) in [4.78, 5) is 15.9. The van der Waals surface area contributed by atoms with Crippen LogP contribution in [0.2, 0.25) is 0 Å². The maximum absolute atomic E-state index is 13.0. The Balaban J connectivity index is 0.00000342. The fraction of sp³-hybridized carbons (Fsp3) is 0.227. The van der Waals surface area contributed by atoms with Crippen LogP contribution >= 0.6 is 0 Å². The van der Waals surface area contributed by atoms with Crippen molar-refractivity contribution in [3.8, 4) is 17.2 Å². The van der Waals surface area contributed by atoms with Gasteiger partial charge < -0.3 is 14.6 Å². The van der Waals surface area contributed by atoms with Crippen LogP contribution in [0.25, 0.3) is 17.2 Å². The quantitative estimate of drug-likeness (QED) is 0.224. The summed E-state index contributed by atoms with van der Waals surface area (Å²) < 4.78 is 78.5. The molecule has 4 heterocycles. The molecule has 0 aliphatic rings. The number of nitrogens with zero attached hydrogens (tertiary/aromatic N) is 6. The Hall–Kier alpha value is -3.14. The Labute approximate surface area is 209 Å². The van der Waals surface area contributed by atoms with Crippen LogP contribution in [0.5, 0.6) is 0 Å². The van der Waals surface area contributed by atoms with Crippen LogP contribution in [-0.2, 0) is 38.8 Å². The first kappa shape index (κ1) is 26.5. The van der Waals surface area contributed by atoms with Crippen LogP contribution in [0.3, 0.4) is 0 Å². The van der Waals surface area contributed by atoms with Gasteiger partial charge in [-0.1, -0.05) is 36.7 Å². The third kappa shape index (κ3) is 5.58. The van der Waals surface area contributed by atoms with Crippen molar-refractivity contribution in [2.45, 2.75) is 31.6 Å². The molecule has 0 aromatic carbocycles. The van der Waals surface area contributed by atoms with Gasteiger partial charge in [0.15, 0.2) is 0 Å². The summed E-state index contributed by atoms with van der Waals surface area (Å²) in [6, 6.07) is 10.2. The second kappa shape index (κ2) is 9.48. The van der Waals surface area contributed by atoms with E-state index in [1.54, 1.807) is 38.1 Å². The first-order chi connectivity index (χ1) is 15.9. The average molecular weight is 671 g/mol. The van der Waals surface area contributed by atoms with Crippen molar-refractivity contribution in [3.05, 3.63) is 83.8 Å². The number of rotatable bonds is 4. The molecule has 0 radical (unpaired) electrons. The van der Waals surface area contributed by atoms with Gasteiger partial charge in [0.1, 0.15) is 5.69 Å². The van der Waals surface area contributed by atoms with E-state index in [1.807, 2.05) is 0 Å². The van der Waals surface area contributed by atoms with Gasteiger partial charge in [-0.05, 0) is 43.6 Å². The van der Waals surface area contributed by atoms with Crippen LogP contribution in [-0.4, -0.2) is 29.7 Å². The summed E-state index contributed by atoms with van der Waals surface area (Å²) in [5.41, 5.74) is -2.35. The number of halogens is 6. The molecule has 4 aromatic rings. The van der Waals surface area contributed by atoms with E-state index < -0.39 is 29.2 Å². The molecule has 0 spiro atoms. The SMILES string of the molecule is CC(C)(c1cccc(-c2[c-]ncc(C(F)(F)F)n2)n1)c1cccc(-n2[c-]cc(C(F)(F)F)n2)n1.[Pt+2]. The van der Waals surface area contributed by atoms with E-state index in [0.29, 0.717) is 17.6 Å². The van der Waals surface area contributed by atoms with Gasteiger partial charge in [0.25, 0.3) is 0 Å². The van der Waals surface area contributed by atoms with E-state index >= 15 is 0 Å². The van der Waals surface area contributed by atoms with Gasteiger partial charge in [0.05, 0.1) is 11.5 Å². The Kier molecular flexibility index (Phi) is 7.17. The molecule has 6 nitrogen and oxygen atoms in total. The molecule has 0 saturated carbocycles. The molecule has 35 heavy (non-hydrogen) atoms. The van der Waals surface area contributed by atoms with E-state index in [0.717, 1.165) is 10.7 Å². The number of alkyl halides is 6. The Morgan fingerprint density at radius 3 is 2.03 bits per heavy atom. The number of hydrogen-bond donors (Lipinski definition) is 0. The summed E-state index contributed by atoms with van der Waals surface area (Å²) in [5.74, 6) is 0.106. The monoisotopic (exact) mass is 671 g/mol. The second-order valence-corrected chi connectivity index (χ2v) is 7.70. The minimum Gasteiger partial charge on any atom is -0.389 e. The fourth-order valence-corrected chi connectivity index (χ4v) is 3.06. The zero-order chi connectivity index (χ0) is 24.7. The van der Waals surface area contributed by atoms with Gasteiger partial charge in [0.2, 0.25) is 0 Å². The van der Waals surface area contributed by atoms with E-state index in [-0.39, 0.29) is 38.3 Å². The van der Waals surface area contributed by atoms with E-state index in [2.05, 4.69) is 37.4 Å². The fourth-order valence-electron chi connectivity index (χ4n) is 3.06. The molecular formula is C22H14F6N6Pt. The Bertz CT molecular complexity index is 1330. The maximum Gasteiger partial charge on any atom is 2.00 e. The van der Waals surface area contributed by atoms with Crippen LogP contribution in [0.15, 0.2) is 48.7 Å². The van der Waals surface area contributed by atoms with Crippen molar-refractivity contribution >= 4 is 0 Å². The number of hydrogen-bond acceptors (Lipinski definition) is 5. The van der Waals surface area contributed by atoms with Gasteiger partial charge in [0, 0.05) is 16.8 Å². The summed E-state index contributed by atoms with van der Waals surface area (Å²) in [6.07, 6.45) is -3.91. The van der Waals surface area contributed by atoms with Gasteiger partial charge in [-0.25, -0.2) is 0 Å². The summed E-state index contributed by atoms with van der Waals surface area (Å²) in [6.45, 7) is 3.53. The predicted molar refractivity (Wildman–Crippen MR) is 106 cm³/mol. The zero-order valence-electron chi connectivity index (χ0n) is 17.9. The van der Waals surface area contributed by atoms with Crippen molar-refractivity contribution in [1.29, 1.82) is 0 Å². The molecule has 0 aliphatic carbocycles. The van der Waals surface area contributed by atoms with E-state index in [4.69, 9.17) is 0 Å². The van der Waals surface area contributed by atoms with Gasteiger partial charge >= 0.3 is 33.4 Å². The molecule has 0 aliphatic heterocycles. The molecule has 0 atom stereocenters. The first-order valence-corrected chi connectivity index (χ1v) is 9.68. The Morgan fingerprint density at radius 1 is 0.771 bits per heavy atom. The van der Waals surface area contributed by atoms with Crippen LogP contribution in [0.4, 0.5) is 26.3 Å². The van der Waals surface area contributed by atoms with Crippen LogP contribution in [0.1, 0.15) is 36.6 Å². The number of pyridine rings is 2. The predicted octanol–water partition coefficient (Wildman–Crippen LogP) is 5.08. The molecule has 4 rings (SSSR count). The van der Waals surface area contributed by atoms with Crippen LogP contribution < -0.4 is 0 Å². The van der Waals surface area contributed by atoms with Crippen molar-refractivity contribution in [2.75, 3.05) is 0 Å². The number of aromatic nitrogens is 6. The smallest absolute Gasteiger partial charge is 0.389 e. The third-order valence-electron chi connectivity index (χ3n) is 4.93. The molecule has 0 saturated heterocycles. The minimum absolute atomic E-state index is 0. The first-order valence-electron chi connectivity index (χ1n) is 9.68. The molecule has 0 unspecified atom stereocenters. The van der Waals surface area contributed by atoms with Crippen molar-refractivity contribution in [1.82, 2.24) is 29.7 Å². The van der Waals surface area contributed by atoms with Gasteiger partial charge in [-0.2, -0.15) is 26.3 Å². The second-order valence-electron chi connectivity index (χ2n) is 7.70. The molecule has 184 valence electrons. The largest absolute Gasteiger partial charge is 2.00 e. The Morgan fingerprint density at radius 2 is 1.40 bits per heavy atom. The average Bonchev–Trinajstić information content (AvgIpc) is 3.30.